The highest BCUT2D eigenvalue weighted by atomic mass is 32.1. The fraction of sp³-hybridized carbons (Fsp3) is 0.417. The molecule has 0 aromatic carbocycles. The van der Waals surface area contributed by atoms with Gasteiger partial charge in [-0.05, 0) is 26.7 Å². The van der Waals surface area contributed by atoms with Crippen molar-refractivity contribution in [2.24, 2.45) is 0 Å². The van der Waals surface area contributed by atoms with E-state index >= 15 is 0 Å². The topological polar surface area (TPSA) is 88.5 Å². The van der Waals surface area contributed by atoms with Gasteiger partial charge in [0.05, 0.1) is 12.7 Å². The van der Waals surface area contributed by atoms with E-state index in [1.165, 1.54) is 6.20 Å². The Hall–Kier alpha value is -2.07. The van der Waals surface area contributed by atoms with Gasteiger partial charge in [-0.25, -0.2) is 14.6 Å². The Morgan fingerprint density at radius 1 is 1.53 bits per heavy atom. The van der Waals surface area contributed by atoms with Crippen LogP contribution in [0, 0.1) is 11.8 Å². The second-order valence-corrected chi connectivity index (χ2v) is 5.52. The van der Waals surface area contributed by atoms with Crippen molar-refractivity contribution >= 4 is 23.4 Å². The van der Waals surface area contributed by atoms with Crippen LogP contribution in [0.3, 0.4) is 0 Å². The lowest BCUT2D eigenvalue weighted by atomic mass is 10.2. The van der Waals surface area contributed by atoms with E-state index in [1.807, 2.05) is 0 Å². The van der Waals surface area contributed by atoms with Crippen LogP contribution in [0.1, 0.15) is 35.5 Å². The molecule has 0 saturated heterocycles. The summed E-state index contributed by atoms with van der Waals surface area (Å²) >= 11 is 0.982. The van der Waals surface area contributed by atoms with Crippen molar-refractivity contribution in [3.05, 3.63) is 16.1 Å². The summed E-state index contributed by atoms with van der Waals surface area (Å²) in [7, 11) is 0. The molecule has 0 aliphatic heterocycles. The molecule has 0 atom stereocenters. The molecule has 7 heteroatoms. The molecule has 0 saturated carbocycles. The van der Waals surface area contributed by atoms with E-state index in [4.69, 9.17) is 9.84 Å². The van der Waals surface area contributed by atoms with Crippen LogP contribution in [0.5, 0.6) is 0 Å². The van der Waals surface area contributed by atoms with Crippen molar-refractivity contribution in [3.63, 3.8) is 0 Å². The summed E-state index contributed by atoms with van der Waals surface area (Å²) in [6, 6.07) is 0. The van der Waals surface area contributed by atoms with E-state index in [0.29, 0.717) is 5.01 Å². The Balaban J connectivity index is 2.43. The first-order chi connectivity index (χ1) is 8.78. The number of carbonyl (C=O) groups is 2. The third-order valence-electron chi connectivity index (χ3n) is 1.63. The number of hydrogen-bond acceptors (Lipinski definition) is 5. The summed E-state index contributed by atoms with van der Waals surface area (Å²) in [4.78, 5) is 25.8. The van der Waals surface area contributed by atoms with Gasteiger partial charge < -0.3 is 15.2 Å². The number of hydrogen-bond donors (Lipinski definition) is 2. The fourth-order valence-corrected chi connectivity index (χ4v) is 1.61. The zero-order chi connectivity index (χ0) is 14.5. The second kappa shape index (κ2) is 6.20. The zero-order valence-corrected chi connectivity index (χ0v) is 11.6. The summed E-state index contributed by atoms with van der Waals surface area (Å²) in [6.07, 6.45) is 0.699. The predicted molar refractivity (Wildman–Crippen MR) is 70.2 cm³/mol. The Morgan fingerprint density at radius 3 is 2.74 bits per heavy atom. The van der Waals surface area contributed by atoms with E-state index in [1.54, 1.807) is 20.8 Å². The lowest BCUT2D eigenvalue weighted by Crippen LogP contribution is -2.32. The highest BCUT2D eigenvalue weighted by Crippen LogP contribution is 2.11. The van der Waals surface area contributed by atoms with E-state index in [-0.39, 0.29) is 11.4 Å². The maximum atomic E-state index is 11.3. The van der Waals surface area contributed by atoms with Crippen LogP contribution in [0.15, 0.2) is 6.20 Å². The van der Waals surface area contributed by atoms with Crippen LogP contribution in [0.2, 0.25) is 0 Å². The first-order valence-corrected chi connectivity index (χ1v) is 6.24. The predicted octanol–water partition coefficient (Wildman–Crippen LogP) is 1.72. The first-order valence-electron chi connectivity index (χ1n) is 5.43. The summed E-state index contributed by atoms with van der Waals surface area (Å²) in [6.45, 7) is 5.40. The highest BCUT2D eigenvalue weighted by Gasteiger charge is 2.15. The molecule has 1 amide bonds. The molecule has 1 aromatic heterocycles. The van der Waals surface area contributed by atoms with Gasteiger partial charge in [-0.3, -0.25) is 0 Å². The number of carboxylic acid groups (broad SMARTS) is 1. The van der Waals surface area contributed by atoms with E-state index < -0.39 is 17.7 Å². The van der Waals surface area contributed by atoms with Crippen LogP contribution in [0.25, 0.3) is 0 Å². The van der Waals surface area contributed by atoms with Gasteiger partial charge >= 0.3 is 12.1 Å². The van der Waals surface area contributed by atoms with Gasteiger partial charge in [-0.2, -0.15) is 0 Å². The third kappa shape index (κ3) is 5.88. The van der Waals surface area contributed by atoms with Gasteiger partial charge in [0.1, 0.15) is 10.5 Å². The van der Waals surface area contributed by atoms with E-state index in [9.17, 15) is 9.59 Å². The molecule has 6 nitrogen and oxygen atoms in total. The van der Waals surface area contributed by atoms with Gasteiger partial charge in [-0.15, -0.1) is 0 Å². The second-order valence-electron chi connectivity index (χ2n) is 4.49. The molecular weight excluding hydrogens is 268 g/mol. The standard InChI is InChI=1S/C12H14N2O4S/c1-12(2,3)18-11(17)13-6-4-5-9-14-7-8(19-9)10(15)16/h7H,6H2,1-3H3,(H,13,17)(H,15,16). The molecule has 2 N–H and O–H groups in total. The van der Waals surface area contributed by atoms with E-state index in [2.05, 4.69) is 22.1 Å². The quantitative estimate of drug-likeness (QED) is 0.806. The smallest absolute Gasteiger partial charge is 0.408 e. The number of carboxylic acids is 1. The minimum atomic E-state index is -1.03. The van der Waals surface area contributed by atoms with Crippen LogP contribution >= 0.6 is 11.3 Å². The SMILES string of the molecule is CC(C)(C)OC(=O)NCC#Cc1ncc(C(=O)O)s1. The molecule has 19 heavy (non-hydrogen) atoms. The number of aromatic nitrogens is 1. The van der Waals surface area contributed by atoms with Crippen molar-refractivity contribution in [1.82, 2.24) is 10.3 Å². The van der Waals surface area contributed by atoms with Crippen molar-refractivity contribution in [3.8, 4) is 11.8 Å². The Bertz CT molecular complexity index is 534. The molecule has 1 aromatic rings. The number of thiazole rings is 1. The largest absolute Gasteiger partial charge is 0.477 e. The van der Waals surface area contributed by atoms with Gasteiger partial charge in [-0.1, -0.05) is 17.3 Å². The van der Waals surface area contributed by atoms with Crippen LogP contribution in [0.4, 0.5) is 4.79 Å². The maximum absolute atomic E-state index is 11.3. The van der Waals surface area contributed by atoms with Crippen molar-refractivity contribution in [2.45, 2.75) is 26.4 Å². The summed E-state index contributed by atoms with van der Waals surface area (Å²) in [5.41, 5.74) is -0.552. The average molecular weight is 282 g/mol. The molecule has 0 radical (unpaired) electrons. The van der Waals surface area contributed by atoms with Crippen molar-refractivity contribution in [2.75, 3.05) is 6.54 Å². The van der Waals surface area contributed by atoms with Crippen molar-refractivity contribution < 1.29 is 19.4 Å². The molecule has 0 aliphatic carbocycles. The molecule has 1 heterocycles. The Kier molecular flexibility index (Phi) is 4.89. The molecule has 0 spiro atoms. The fourth-order valence-electron chi connectivity index (χ4n) is 0.981. The van der Waals surface area contributed by atoms with Crippen LogP contribution in [-0.2, 0) is 4.74 Å². The molecule has 102 valence electrons. The van der Waals surface area contributed by atoms with Gasteiger partial charge in [0.2, 0.25) is 0 Å². The molecule has 0 unspecified atom stereocenters. The number of aromatic carboxylic acids is 1. The van der Waals surface area contributed by atoms with Gasteiger partial charge in [0.15, 0.2) is 5.01 Å². The number of nitrogens with one attached hydrogen (secondary N) is 1. The zero-order valence-electron chi connectivity index (χ0n) is 10.8. The van der Waals surface area contributed by atoms with Crippen molar-refractivity contribution in [1.29, 1.82) is 0 Å². The minimum absolute atomic E-state index is 0.108. The number of ether oxygens (including phenoxy) is 1. The summed E-state index contributed by atoms with van der Waals surface area (Å²) < 4.78 is 5.02. The lowest BCUT2D eigenvalue weighted by molar-refractivity contribution is 0.0534. The first kappa shape index (κ1) is 15.0. The summed E-state index contributed by atoms with van der Waals surface area (Å²) in [5, 5.41) is 11.6. The molecule has 1 rings (SSSR count). The van der Waals surface area contributed by atoms with Crippen LogP contribution < -0.4 is 5.32 Å². The number of amides is 1. The lowest BCUT2D eigenvalue weighted by Gasteiger charge is -2.18. The van der Waals surface area contributed by atoms with Crippen LogP contribution in [-0.4, -0.2) is 34.3 Å². The summed E-state index contributed by atoms with van der Waals surface area (Å²) in [5.74, 6) is 4.30. The number of alkyl carbamates (subject to hydrolysis) is 1. The molecule has 0 aliphatic rings. The van der Waals surface area contributed by atoms with Gasteiger partial charge in [0.25, 0.3) is 0 Å². The number of nitrogens with zero attached hydrogens (tertiary/aromatic N) is 1. The third-order valence-corrected chi connectivity index (χ3v) is 2.53. The van der Waals surface area contributed by atoms with Gasteiger partial charge in [0, 0.05) is 0 Å². The molecule has 0 fully saturated rings. The normalized spacial score (nSPS) is 10.3. The maximum Gasteiger partial charge on any atom is 0.408 e. The highest BCUT2D eigenvalue weighted by molar-refractivity contribution is 7.14. The Labute approximate surface area is 114 Å². The van der Waals surface area contributed by atoms with E-state index in [0.717, 1.165) is 11.3 Å². The number of rotatable bonds is 2. The minimum Gasteiger partial charge on any atom is -0.477 e. The average Bonchev–Trinajstić information content (AvgIpc) is 2.70. The molecular formula is C12H14N2O4S. The number of carbonyl (C=O) groups excluding carboxylic acids is 1. The monoisotopic (exact) mass is 282 g/mol. The molecule has 0 bridgehead atoms. The Morgan fingerprint density at radius 2 is 2.21 bits per heavy atom.